The molecule has 1 aliphatic heterocycles. The summed E-state index contributed by atoms with van der Waals surface area (Å²) in [4.78, 5) is 38.6. The second-order valence-electron chi connectivity index (χ2n) is 7.52. The van der Waals surface area contributed by atoms with E-state index in [0.717, 1.165) is 28.7 Å². The maximum absolute atomic E-state index is 12.2. The van der Waals surface area contributed by atoms with E-state index in [-0.39, 0.29) is 17.7 Å². The summed E-state index contributed by atoms with van der Waals surface area (Å²) in [6.45, 7) is 3.62. The van der Waals surface area contributed by atoms with E-state index >= 15 is 0 Å². The smallest absolute Gasteiger partial charge is 0.251 e. The van der Waals surface area contributed by atoms with Gasteiger partial charge in [-0.25, -0.2) is 9.97 Å². The van der Waals surface area contributed by atoms with Crippen molar-refractivity contribution < 1.29 is 9.59 Å². The van der Waals surface area contributed by atoms with Crippen molar-refractivity contribution in [2.24, 2.45) is 0 Å². The maximum atomic E-state index is 12.2. The molecule has 31 heavy (non-hydrogen) atoms. The highest BCUT2D eigenvalue weighted by Crippen LogP contribution is 2.28. The number of hydrogen-bond donors (Lipinski definition) is 3. The molecule has 1 fully saturated rings. The van der Waals surface area contributed by atoms with E-state index in [1.54, 1.807) is 19.3 Å². The van der Waals surface area contributed by atoms with E-state index in [1.807, 2.05) is 23.1 Å². The van der Waals surface area contributed by atoms with Gasteiger partial charge < -0.3 is 20.9 Å². The number of anilines is 2. The fraction of sp³-hybridized carbons (Fsp3) is 0.318. The normalized spacial score (nSPS) is 14.4. The van der Waals surface area contributed by atoms with Gasteiger partial charge in [0.25, 0.3) is 5.91 Å². The molecule has 9 heteroatoms. The van der Waals surface area contributed by atoms with Gasteiger partial charge in [0, 0.05) is 31.2 Å². The molecule has 1 saturated heterocycles. The van der Waals surface area contributed by atoms with Gasteiger partial charge in [0.05, 0.1) is 17.7 Å². The van der Waals surface area contributed by atoms with Gasteiger partial charge in [-0.15, -0.1) is 0 Å². The third-order valence-electron chi connectivity index (χ3n) is 5.47. The summed E-state index contributed by atoms with van der Waals surface area (Å²) in [5.74, 6) is 1.53. The number of fused-ring (bicyclic) bond motifs is 1. The van der Waals surface area contributed by atoms with Crippen molar-refractivity contribution in [3.63, 3.8) is 0 Å². The fourth-order valence-corrected chi connectivity index (χ4v) is 3.75. The highest BCUT2D eigenvalue weighted by molar-refractivity contribution is 6.06. The number of nitrogens with one attached hydrogen (secondary N) is 3. The van der Waals surface area contributed by atoms with Crippen LogP contribution in [0.15, 0.2) is 42.9 Å². The predicted octanol–water partition coefficient (Wildman–Crippen LogP) is 1.88. The van der Waals surface area contributed by atoms with Crippen LogP contribution in [0, 0.1) is 0 Å². The van der Waals surface area contributed by atoms with E-state index in [9.17, 15) is 9.59 Å². The number of nitrogens with zero attached hydrogens (tertiary/aromatic N) is 4. The van der Waals surface area contributed by atoms with Crippen LogP contribution in [-0.2, 0) is 4.79 Å². The lowest BCUT2D eigenvalue weighted by molar-refractivity contribution is -0.118. The second kappa shape index (κ2) is 8.95. The number of benzene rings is 1. The van der Waals surface area contributed by atoms with Crippen LogP contribution in [-0.4, -0.2) is 53.6 Å². The van der Waals surface area contributed by atoms with Crippen LogP contribution in [0.3, 0.4) is 0 Å². The number of pyridine rings is 1. The molecule has 160 valence electrons. The Bertz CT molecular complexity index is 1120. The molecule has 9 nitrogen and oxygen atoms in total. The number of amides is 2. The standard InChI is InChI=1S/C22H25N7O2/c1-14(15-4-3-5-16-17(22(31)23-2)7-9-25-21(15)16)6-8-24-18-10-19(27-12-26-18)29-11-20(30)28-13-29/h3-5,7,9-10,12,14H,6,8,11,13H2,1-2H3,(H,23,31)(H,28,30)(H,24,26,27). The molecule has 0 bridgehead atoms. The van der Waals surface area contributed by atoms with Crippen LogP contribution in [0.1, 0.15) is 35.2 Å². The Balaban J connectivity index is 1.44. The zero-order valence-electron chi connectivity index (χ0n) is 17.6. The monoisotopic (exact) mass is 419 g/mol. The van der Waals surface area contributed by atoms with Gasteiger partial charge in [-0.1, -0.05) is 25.1 Å². The molecule has 4 rings (SSSR count). The molecule has 3 N–H and O–H groups in total. The lowest BCUT2D eigenvalue weighted by atomic mass is 9.94. The number of aromatic nitrogens is 3. The largest absolute Gasteiger partial charge is 0.370 e. The van der Waals surface area contributed by atoms with Crippen molar-refractivity contribution in [3.05, 3.63) is 54.0 Å². The molecule has 2 aromatic heterocycles. The van der Waals surface area contributed by atoms with Crippen LogP contribution < -0.4 is 20.9 Å². The molecule has 3 aromatic rings. The van der Waals surface area contributed by atoms with Crippen molar-refractivity contribution in [1.29, 1.82) is 0 Å². The SMILES string of the molecule is CNC(=O)c1ccnc2c(C(C)CCNc3cc(N4CNC(=O)C4)ncn3)cccc12. The van der Waals surface area contributed by atoms with Gasteiger partial charge in [-0.05, 0) is 24.0 Å². The van der Waals surface area contributed by atoms with Crippen molar-refractivity contribution in [1.82, 2.24) is 25.6 Å². The van der Waals surface area contributed by atoms with Gasteiger partial charge in [0.1, 0.15) is 24.5 Å². The first-order valence-electron chi connectivity index (χ1n) is 10.2. The van der Waals surface area contributed by atoms with Crippen molar-refractivity contribution in [3.8, 4) is 0 Å². The summed E-state index contributed by atoms with van der Waals surface area (Å²) in [5.41, 5.74) is 2.59. The van der Waals surface area contributed by atoms with Crippen LogP contribution in [0.2, 0.25) is 0 Å². The highest BCUT2D eigenvalue weighted by atomic mass is 16.2. The third-order valence-corrected chi connectivity index (χ3v) is 5.47. The van der Waals surface area contributed by atoms with Crippen LogP contribution in [0.5, 0.6) is 0 Å². The molecule has 3 heterocycles. The van der Waals surface area contributed by atoms with Crippen molar-refractivity contribution >= 4 is 34.4 Å². The van der Waals surface area contributed by atoms with Gasteiger partial charge in [0.15, 0.2) is 0 Å². The summed E-state index contributed by atoms with van der Waals surface area (Å²) >= 11 is 0. The molecule has 0 aliphatic carbocycles. The molecule has 1 aliphatic rings. The first-order chi connectivity index (χ1) is 15.1. The summed E-state index contributed by atoms with van der Waals surface area (Å²) in [6.07, 6.45) is 4.04. The molecule has 1 atom stereocenters. The minimum atomic E-state index is -0.117. The quantitative estimate of drug-likeness (QED) is 0.536. The topological polar surface area (TPSA) is 112 Å². The van der Waals surface area contributed by atoms with E-state index in [4.69, 9.17) is 0 Å². The lowest BCUT2D eigenvalue weighted by Gasteiger charge is -2.17. The van der Waals surface area contributed by atoms with E-state index in [0.29, 0.717) is 31.1 Å². The minimum Gasteiger partial charge on any atom is -0.370 e. The molecular weight excluding hydrogens is 394 g/mol. The molecule has 0 spiro atoms. The van der Waals surface area contributed by atoms with Crippen LogP contribution in [0.25, 0.3) is 10.9 Å². The van der Waals surface area contributed by atoms with Crippen molar-refractivity contribution in [2.75, 3.05) is 37.0 Å². The van der Waals surface area contributed by atoms with Crippen LogP contribution >= 0.6 is 0 Å². The predicted molar refractivity (Wildman–Crippen MR) is 119 cm³/mol. The lowest BCUT2D eigenvalue weighted by Crippen LogP contribution is -2.22. The Morgan fingerprint density at radius 2 is 2.13 bits per heavy atom. The Morgan fingerprint density at radius 3 is 2.90 bits per heavy atom. The average molecular weight is 419 g/mol. The Labute approximate surface area is 180 Å². The van der Waals surface area contributed by atoms with Crippen LogP contribution in [0.4, 0.5) is 11.6 Å². The molecule has 1 aromatic carbocycles. The first kappa shape index (κ1) is 20.5. The van der Waals surface area contributed by atoms with Crippen molar-refractivity contribution in [2.45, 2.75) is 19.3 Å². The average Bonchev–Trinajstić information content (AvgIpc) is 3.24. The first-order valence-corrected chi connectivity index (χ1v) is 10.2. The Morgan fingerprint density at radius 1 is 1.26 bits per heavy atom. The summed E-state index contributed by atoms with van der Waals surface area (Å²) < 4.78 is 0. The maximum Gasteiger partial charge on any atom is 0.251 e. The van der Waals surface area contributed by atoms with Gasteiger partial charge in [-0.3, -0.25) is 14.6 Å². The second-order valence-corrected chi connectivity index (χ2v) is 7.52. The molecule has 0 radical (unpaired) electrons. The molecular formula is C22H25N7O2. The number of hydrogen-bond acceptors (Lipinski definition) is 7. The number of rotatable bonds is 7. The fourth-order valence-electron chi connectivity index (χ4n) is 3.75. The number of carbonyl (C=O) groups excluding carboxylic acids is 2. The molecule has 2 amide bonds. The summed E-state index contributed by atoms with van der Waals surface area (Å²) in [6, 6.07) is 9.56. The number of carbonyl (C=O) groups is 2. The van der Waals surface area contributed by atoms with E-state index < -0.39 is 0 Å². The Kier molecular flexibility index (Phi) is 5.92. The molecule has 1 unspecified atom stereocenters. The molecule has 0 saturated carbocycles. The highest BCUT2D eigenvalue weighted by Gasteiger charge is 2.20. The summed E-state index contributed by atoms with van der Waals surface area (Å²) in [5, 5.41) is 9.65. The van der Waals surface area contributed by atoms with Gasteiger partial charge >= 0.3 is 0 Å². The van der Waals surface area contributed by atoms with Gasteiger partial charge in [0.2, 0.25) is 5.91 Å². The summed E-state index contributed by atoms with van der Waals surface area (Å²) in [7, 11) is 1.63. The third kappa shape index (κ3) is 4.40. The van der Waals surface area contributed by atoms with E-state index in [1.165, 1.54) is 6.33 Å². The van der Waals surface area contributed by atoms with Gasteiger partial charge in [-0.2, -0.15) is 0 Å². The minimum absolute atomic E-state index is 0.00906. The zero-order chi connectivity index (χ0) is 21.8. The van der Waals surface area contributed by atoms with E-state index in [2.05, 4.69) is 43.9 Å². The number of para-hydroxylation sites is 1. The zero-order valence-corrected chi connectivity index (χ0v) is 17.6. The Hall–Kier alpha value is -3.75.